The molecule has 0 amide bonds. The van der Waals surface area contributed by atoms with E-state index in [0.29, 0.717) is 16.5 Å². The molecule has 0 spiro atoms. The van der Waals surface area contributed by atoms with E-state index in [2.05, 4.69) is 55.4 Å². The first-order valence-electron chi connectivity index (χ1n) is 9.75. The quantitative estimate of drug-likeness (QED) is 0.662. The minimum absolute atomic E-state index is 0.559. The smallest absolute Gasteiger partial charge is 0.159 e. The van der Waals surface area contributed by atoms with Crippen LogP contribution in [0.25, 0.3) is 0 Å². The molecule has 0 bridgehead atoms. The lowest BCUT2D eigenvalue weighted by Crippen LogP contribution is -2.46. The highest BCUT2D eigenvalue weighted by atomic mass is 35.5. The summed E-state index contributed by atoms with van der Waals surface area (Å²) in [5.74, 6) is 1.38. The fraction of sp³-hybridized carbons (Fsp3) is 0.273. The van der Waals surface area contributed by atoms with E-state index < -0.39 is 0 Å². The summed E-state index contributed by atoms with van der Waals surface area (Å²) in [7, 11) is 0. The predicted octanol–water partition coefficient (Wildman–Crippen LogP) is 4.09. The zero-order chi connectivity index (χ0) is 20.2. The fourth-order valence-corrected chi connectivity index (χ4v) is 3.74. The number of aromatic nitrogens is 2. The van der Waals surface area contributed by atoms with Crippen LogP contribution in [0.4, 0.5) is 23.0 Å². The largest absolute Gasteiger partial charge is 0.393 e. The van der Waals surface area contributed by atoms with Crippen LogP contribution in [0.5, 0.6) is 0 Å². The molecule has 1 fully saturated rings. The van der Waals surface area contributed by atoms with Crippen LogP contribution in [0.15, 0.2) is 54.9 Å². The van der Waals surface area contributed by atoms with Crippen LogP contribution in [0.3, 0.4) is 0 Å². The van der Waals surface area contributed by atoms with Gasteiger partial charge in [0.05, 0.1) is 0 Å². The van der Waals surface area contributed by atoms with Crippen LogP contribution in [0.2, 0.25) is 5.02 Å². The van der Waals surface area contributed by atoms with Gasteiger partial charge < -0.3 is 16.0 Å². The fourth-order valence-electron chi connectivity index (χ4n) is 3.57. The molecule has 1 aromatic heterocycles. The van der Waals surface area contributed by atoms with Gasteiger partial charge in [-0.2, -0.15) is 0 Å². The number of nitrogens with one attached hydrogen (secondary N) is 1. The summed E-state index contributed by atoms with van der Waals surface area (Å²) in [5, 5.41) is 4.01. The molecule has 0 unspecified atom stereocenters. The van der Waals surface area contributed by atoms with Crippen LogP contribution in [0, 0.1) is 6.92 Å². The number of anilines is 4. The predicted molar refractivity (Wildman–Crippen MR) is 120 cm³/mol. The Kier molecular flexibility index (Phi) is 5.83. The Morgan fingerprint density at radius 2 is 1.76 bits per heavy atom. The van der Waals surface area contributed by atoms with Gasteiger partial charge in [-0.25, -0.2) is 9.97 Å². The molecule has 3 N–H and O–H groups in total. The average molecular weight is 409 g/mol. The highest BCUT2D eigenvalue weighted by Gasteiger charge is 2.21. The maximum atomic E-state index is 6.43. The molecule has 1 aliphatic rings. The van der Waals surface area contributed by atoms with E-state index in [1.807, 2.05) is 25.1 Å². The zero-order valence-electron chi connectivity index (χ0n) is 16.5. The first kappa shape index (κ1) is 19.5. The van der Waals surface area contributed by atoms with E-state index in [1.165, 1.54) is 5.56 Å². The third-order valence-corrected chi connectivity index (χ3v) is 5.71. The van der Waals surface area contributed by atoms with Gasteiger partial charge in [-0.1, -0.05) is 48.0 Å². The molecule has 7 heteroatoms. The Morgan fingerprint density at radius 3 is 2.52 bits per heavy atom. The molecule has 1 saturated heterocycles. The van der Waals surface area contributed by atoms with Crippen molar-refractivity contribution in [3.8, 4) is 0 Å². The number of benzene rings is 2. The summed E-state index contributed by atoms with van der Waals surface area (Å²) >= 11 is 6.23. The lowest BCUT2D eigenvalue weighted by Gasteiger charge is -2.36. The SMILES string of the molecule is Cc1c(Cl)cccc1Nc1ncnc(N2CCN(Cc3ccccc3)CC2)c1N. The second-order valence-corrected chi connectivity index (χ2v) is 7.65. The second-order valence-electron chi connectivity index (χ2n) is 7.25. The molecule has 2 heterocycles. The Bertz CT molecular complexity index is 970. The van der Waals surface area contributed by atoms with Crippen molar-refractivity contribution < 1.29 is 0 Å². The lowest BCUT2D eigenvalue weighted by atomic mass is 10.2. The first-order chi connectivity index (χ1) is 14.1. The zero-order valence-corrected chi connectivity index (χ0v) is 17.2. The van der Waals surface area contributed by atoms with Crippen LogP contribution in [-0.2, 0) is 6.54 Å². The molecule has 29 heavy (non-hydrogen) atoms. The van der Waals surface area contributed by atoms with Gasteiger partial charge in [0.2, 0.25) is 0 Å². The molecule has 2 aromatic carbocycles. The van der Waals surface area contributed by atoms with Crippen LogP contribution in [-0.4, -0.2) is 41.0 Å². The molecular formula is C22H25ClN6. The molecule has 0 saturated carbocycles. The number of nitrogens with zero attached hydrogens (tertiary/aromatic N) is 4. The van der Waals surface area contributed by atoms with E-state index >= 15 is 0 Å². The lowest BCUT2D eigenvalue weighted by molar-refractivity contribution is 0.249. The molecule has 1 aliphatic heterocycles. The number of rotatable bonds is 5. The minimum Gasteiger partial charge on any atom is -0.393 e. The van der Waals surface area contributed by atoms with Crippen molar-refractivity contribution in [1.82, 2.24) is 14.9 Å². The van der Waals surface area contributed by atoms with Gasteiger partial charge in [-0.05, 0) is 30.2 Å². The molecular weight excluding hydrogens is 384 g/mol. The summed E-state index contributed by atoms with van der Waals surface area (Å²) in [6.07, 6.45) is 1.56. The van der Waals surface area contributed by atoms with Crippen molar-refractivity contribution in [1.29, 1.82) is 0 Å². The topological polar surface area (TPSA) is 70.3 Å². The van der Waals surface area contributed by atoms with Crippen LogP contribution >= 0.6 is 11.6 Å². The van der Waals surface area contributed by atoms with E-state index in [4.69, 9.17) is 17.3 Å². The van der Waals surface area contributed by atoms with Gasteiger partial charge in [0.1, 0.15) is 12.0 Å². The average Bonchev–Trinajstić information content (AvgIpc) is 2.74. The maximum absolute atomic E-state index is 6.43. The van der Waals surface area contributed by atoms with Gasteiger partial charge in [0, 0.05) is 43.4 Å². The number of hydrogen-bond acceptors (Lipinski definition) is 6. The molecule has 0 atom stereocenters. The first-order valence-corrected chi connectivity index (χ1v) is 10.1. The standard InChI is InChI=1S/C22H25ClN6/c1-16-18(23)8-5-9-19(16)27-21-20(24)22(26-15-25-21)29-12-10-28(11-13-29)14-17-6-3-2-4-7-17/h2-9,15H,10-14,24H2,1H3,(H,25,26,27). The van der Waals surface area contributed by atoms with E-state index in [0.717, 1.165) is 49.8 Å². The third kappa shape index (κ3) is 4.44. The van der Waals surface area contributed by atoms with Gasteiger partial charge in [-0.3, -0.25) is 4.90 Å². The van der Waals surface area contributed by atoms with Crippen molar-refractivity contribution >= 4 is 34.6 Å². The molecule has 150 valence electrons. The summed E-state index contributed by atoms with van der Waals surface area (Å²) in [6.45, 7) is 6.63. The maximum Gasteiger partial charge on any atom is 0.159 e. The van der Waals surface area contributed by atoms with Crippen LogP contribution in [0.1, 0.15) is 11.1 Å². The molecule has 3 aromatic rings. The molecule has 6 nitrogen and oxygen atoms in total. The Morgan fingerprint density at radius 1 is 1.00 bits per heavy atom. The monoisotopic (exact) mass is 408 g/mol. The number of hydrogen-bond donors (Lipinski definition) is 2. The van der Waals surface area contributed by atoms with Gasteiger partial charge in [0.15, 0.2) is 11.6 Å². The van der Waals surface area contributed by atoms with E-state index in [-0.39, 0.29) is 0 Å². The van der Waals surface area contributed by atoms with Crippen molar-refractivity contribution in [2.75, 3.05) is 42.1 Å². The number of halogens is 1. The van der Waals surface area contributed by atoms with E-state index in [1.54, 1.807) is 6.33 Å². The van der Waals surface area contributed by atoms with Crippen molar-refractivity contribution in [3.05, 3.63) is 71.0 Å². The molecule has 0 aliphatic carbocycles. The second kappa shape index (κ2) is 8.68. The third-order valence-electron chi connectivity index (χ3n) is 5.30. The van der Waals surface area contributed by atoms with Crippen molar-refractivity contribution in [2.45, 2.75) is 13.5 Å². The Balaban J connectivity index is 1.45. The van der Waals surface area contributed by atoms with Crippen molar-refractivity contribution in [3.63, 3.8) is 0 Å². The number of nitrogens with two attached hydrogens (primary N) is 1. The Labute approximate surface area is 176 Å². The normalized spacial score (nSPS) is 14.8. The van der Waals surface area contributed by atoms with Gasteiger partial charge in [0.25, 0.3) is 0 Å². The summed E-state index contributed by atoms with van der Waals surface area (Å²) in [6, 6.07) is 16.3. The highest BCUT2D eigenvalue weighted by Crippen LogP contribution is 2.31. The summed E-state index contributed by atoms with van der Waals surface area (Å²) in [5.41, 5.74) is 10.2. The van der Waals surface area contributed by atoms with E-state index in [9.17, 15) is 0 Å². The summed E-state index contributed by atoms with van der Waals surface area (Å²) in [4.78, 5) is 13.5. The van der Waals surface area contributed by atoms with Gasteiger partial charge in [-0.15, -0.1) is 0 Å². The van der Waals surface area contributed by atoms with Crippen molar-refractivity contribution in [2.24, 2.45) is 0 Å². The summed E-state index contributed by atoms with van der Waals surface area (Å²) < 4.78 is 0. The minimum atomic E-state index is 0.559. The highest BCUT2D eigenvalue weighted by molar-refractivity contribution is 6.31. The Hall–Kier alpha value is -2.83. The molecule has 0 radical (unpaired) electrons. The number of nitrogen functional groups attached to an aromatic ring is 1. The number of piperazine rings is 1. The van der Waals surface area contributed by atoms with Crippen LogP contribution < -0.4 is 16.0 Å². The molecule has 4 rings (SSSR count). The van der Waals surface area contributed by atoms with Gasteiger partial charge >= 0.3 is 0 Å².